The minimum absolute atomic E-state index is 0. The second-order valence-electron chi connectivity index (χ2n) is 4.47. The summed E-state index contributed by atoms with van der Waals surface area (Å²) in [5.41, 5.74) is 0. The molecule has 0 aliphatic heterocycles. The molecule has 0 radical (unpaired) electrons. The summed E-state index contributed by atoms with van der Waals surface area (Å²) in [6.07, 6.45) is 0. The van der Waals surface area contributed by atoms with Gasteiger partial charge in [0.25, 0.3) is 0 Å². The van der Waals surface area contributed by atoms with Gasteiger partial charge in [-0.25, -0.2) is 0 Å². The number of halogens is 3. The molecule has 0 N–H and O–H groups in total. The van der Waals surface area contributed by atoms with Crippen molar-refractivity contribution in [1.82, 2.24) is 0 Å². The van der Waals surface area contributed by atoms with Gasteiger partial charge in [-0.1, -0.05) is 23.2 Å². The summed E-state index contributed by atoms with van der Waals surface area (Å²) in [7, 11) is 6.36. The molecule has 0 amide bonds. The molecule has 0 aliphatic rings. The van der Waals surface area contributed by atoms with Crippen molar-refractivity contribution < 1.29 is 33.2 Å². The first-order chi connectivity index (χ1) is 6.87. The monoisotopic (exact) mass is 375 g/mol. The van der Waals surface area contributed by atoms with Gasteiger partial charge in [0.15, 0.2) is 0 Å². The SMILES string of the molecule is C[N+](C)(C)CCOc1cc(Cl)cc(Cl)c1.[I-]. The van der Waals surface area contributed by atoms with Crippen molar-refractivity contribution in [3.63, 3.8) is 0 Å². The molecule has 5 heteroatoms. The van der Waals surface area contributed by atoms with Crippen LogP contribution < -0.4 is 28.7 Å². The van der Waals surface area contributed by atoms with Crippen LogP contribution in [0.5, 0.6) is 5.75 Å². The van der Waals surface area contributed by atoms with E-state index in [4.69, 9.17) is 27.9 Å². The maximum Gasteiger partial charge on any atom is 0.137 e. The van der Waals surface area contributed by atoms with Crippen LogP contribution in [0.25, 0.3) is 0 Å². The van der Waals surface area contributed by atoms with Crippen LogP contribution >= 0.6 is 23.2 Å². The Morgan fingerprint density at radius 3 is 2.00 bits per heavy atom. The lowest BCUT2D eigenvalue weighted by molar-refractivity contribution is -0.870. The number of nitrogens with zero attached hydrogens (tertiary/aromatic N) is 1. The normalized spacial score (nSPS) is 10.8. The molecule has 0 aromatic heterocycles. The van der Waals surface area contributed by atoms with E-state index < -0.39 is 0 Å². The highest BCUT2D eigenvalue weighted by molar-refractivity contribution is 6.34. The van der Waals surface area contributed by atoms with E-state index in [0.29, 0.717) is 16.7 Å². The van der Waals surface area contributed by atoms with Gasteiger partial charge in [0.2, 0.25) is 0 Å². The van der Waals surface area contributed by atoms with E-state index in [1.807, 2.05) is 0 Å². The first-order valence-electron chi connectivity index (χ1n) is 4.76. The van der Waals surface area contributed by atoms with Crippen molar-refractivity contribution >= 4 is 23.2 Å². The third kappa shape index (κ3) is 6.78. The van der Waals surface area contributed by atoms with Crippen LogP contribution in [0.1, 0.15) is 0 Å². The van der Waals surface area contributed by atoms with Gasteiger partial charge in [-0.3, -0.25) is 0 Å². The van der Waals surface area contributed by atoms with Crippen molar-refractivity contribution in [2.24, 2.45) is 0 Å². The Kier molecular flexibility index (Phi) is 7.01. The lowest BCUT2D eigenvalue weighted by Gasteiger charge is -2.23. The van der Waals surface area contributed by atoms with Gasteiger partial charge in [0.1, 0.15) is 18.9 Å². The molecule has 0 aliphatic carbocycles. The van der Waals surface area contributed by atoms with Crippen LogP contribution in [0, 0.1) is 0 Å². The molecule has 1 aromatic rings. The zero-order valence-electron chi connectivity index (χ0n) is 9.64. The predicted octanol–water partition coefficient (Wildman–Crippen LogP) is 0.0824. The minimum Gasteiger partial charge on any atom is -1.00 e. The third-order valence-corrected chi connectivity index (χ3v) is 2.30. The largest absolute Gasteiger partial charge is 1.00 e. The zero-order valence-corrected chi connectivity index (χ0v) is 13.3. The number of benzene rings is 1. The second-order valence-corrected chi connectivity index (χ2v) is 5.34. The van der Waals surface area contributed by atoms with Crippen molar-refractivity contribution in [2.75, 3.05) is 34.3 Å². The topological polar surface area (TPSA) is 9.23 Å². The Morgan fingerprint density at radius 2 is 1.56 bits per heavy atom. The fourth-order valence-corrected chi connectivity index (χ4v) is 1.56. The van der Waals surface area contributed by atoms with Gasteiger partial charge in [-0.05, 0) is 18.2 Å². The summed E-state index contributed by atoms with van der Waals surface area (Å²) in [5.74, 6) is 0.723. The number of hydrogen-bond donors (Lipinski definition) is 0. The Balaban J connectivity index is 0.00000225. The van der Waals surface area contributed by atoms with Gasteiger partial charge in [0.05, 0.1) is 21.1 Å². The molecule has 0 saturated carbocycles. The van der Waals surface area contributed by atoms with Crippen LogP contribution in [0.4, 0.5) is 0 Å². The molecule has 0 fully saturated rings. The van der Waals surface area contributed by atoms with Gasteiger partial charge >= 0.3 is 0 Å². The maximum atomic E-state index is 5.85. The highest BCUT2D eigenvalue weighted by atomic mass is 127. The first kappa shape index (κ1) is 16.3. The molecule has 92 valence electrons. The van der Waals surface area contributed by atoms with Gasteiger partial charge in [-0.2, -0.15) is 0 Å². The average molecular weight is 376 g/mol. The summed E-state index contributed by atoms with van der Waals surface area (Å²) >= 11 is 11.7. The Morgan fingerprint density at radius 1 is 1.06 bits per heavy atom. The van der Waals surface area contributed by atoms with E-state index in [0.717, 1.165) is 16.8 Å². The van der Waals surface area contributed by atoms with E-state index in [1.54, 1.807) is 18.2 Å². The molecule has 0 bridgehead atoms. The average Bonchev–Trinajstić information content (AvgIpc) is 1.99. The smallest absolute Gasteiger partial charge is 0.137 e. The molecule has 0 saturated heterocycles. The molecule has 16 heavy (non-hydrogen) atoms. The van der Waals surface area contributed by atoms with Crippen LogP contribution in [-0.2, 0) is 0 Å². The Hall–Kier alpha value is 0.290. The number of hydrogen-bond acceptors (Lipinski definition) is 1. The molecule has 1 aromatic carbocycles. The van der Waals surface area contributed by atoms with Crippen molar-refractivity contribution in [1.29, 1.82) is 0 Å². The fourth-order valence-electron chi connectivity index (χ4n) is 1.05. The summed E-state index contributed by atoms with van der Waals surface area (Å²) in [6.45, 7) is 1.59. The summed E-state index contributed by atoms with van der Waals surface area (Å²) in [5, 5.41) is 1.20. The van der Waals surface area contributed by atoms with Crippen molar-refractivity contribution in [3.8, 4) is 5.75 Å². The Bertz CT molecular complexity index is 319. The van der Waals surface area contributed by atoms with Gasteiger partial charge in [-0.15, -0.1) is 0 Å². The van der Waals surface area contributed by atoms with Crippen molar-refractivity contribution in [2.45, 2.75) is 0 Å². The number of rotatable bonds is 4. The molecule has 2 nitrogen and oxygen atoms in total. The summed E-state index contributed by atoms with van der Waals surface area (Å²) < 4.78 is 6.43. The number of ether oxygens (including phenoxy) is 1. The number of quaternary nitrogens is 1. The van der Waals surface area contributed by atoms with E-state index in [9.17, 15) is 0 Å². The highest BCUT2D eigenvalue weighted by Crippen LogP contribution is 2.24. The zero-order chi connectivity index (χ0) is 11.5. The molecule has 1 rings (SSSR count). The molecule has 0 spiro atoms. The lowest BCUT2D eigenvalue weighted by atomic mass is 10.3. The van der Waals surface area contributed by atoms with E-state index in [2.05, 4.69) is 21.1 Å². The van der Waals surface area contributed by atoms with E-state index >= 15 is 0 Å². The fraction of sp³-hybridized carbons (Fsp3) is 0.455. The summed E-state index contributed by atoms with van der Waals surface area (Å²) in [4.78, 5) is 0. The Labute approximate surface area is 124 Å². The predicted molar refractivity (Wildman–Crippen MR) is 64.9 cm³/mol. The molecule has 0 atom stereocenters. The minimum atomic E-state index is 0. The first-order valence-corrected chi connectivity index (χ1v) is 5.52. The molecule has 0 unspecified atom stereocenters. The quantitative estimate of drug-likeness (QED) is 0.535. The van der Waals surface area contributed by atoms with Crippen LogP contribution in [0.2, 0.25) is 10.0 Å². The van der Waals surface area contributed by atoms with Crippen LogP contribution in [0.15, 0.2) is 18.2 Å². The van der Waals surface area contributed by atoms with Gasteiger partial charge < -0.3 is 33.2 Å². The molecule has 0 heterocycles. The maximum absolute atomic E-state index is 5.85. The number of likely N-dealkylation sites (N-methyl/N-ethyl adjacent to an activating group) is 1. The molecular formula is C11H16Cl2INO. The highest BCUT2D eigenvalue weighted by Gasteiger charge is 2.07. The standard InChI is InChI=1S/C11H16Cl2NO.HI/c1-14(2,3)4-5-15-11-7-9(12)6-10(13)8-11;/h6-8H,4-5H2,1-3H3;1H/q+1;/p-1. The van der Waals surface area contributed by atoms with Crippen LogP contribution in [-0.4, -0.2) is 38.8 Å². The van der Waals surface area contributed by atoms with E-state index in [-0.39, 0.29) is 24.0 Å². The third-order valence-electron chi connectivity index (χ3n) is 1.87. The van der Waals surface area contributed by atoms with Gasteiger partial charge in [0, 0.05) is 10.0 Å². The lowest BCUT2D eigenvalue weighted by Crippen LogP contribution is -3.00. The van der Waals surface area contributed by atoms with Crippen LogP contribution in [0.3, 0.4) is 0 Å². The summed E-state index contributed by atoms with van der Waals surface area (Å²) in [6, 6.07) is 5.22. The van der Waals surface area contributed by atoms with Crippen molar-refractivity contribution in [3.05, 3.63) is 28.2 Å². The molecular weight excluding hydrogens is 360 g/mol. The second kappa shape index (κ2) is 6.89. The van der Waals surface area contributed by atoms with E-state index in [1.165, 1.54) is 0 Å².